The van der Waals surface area contributed by atoms with Gasteiger partial charge in [-0.1, -0.05) is 47.5 Å². The minimum Gasteiger partial charge on any atom is -0.496 e. The van der Waals surface area contributed by atoms with Crippen molar-refractivity contribution in [2.45, 2.75) is 19.4 Å². The second kappa shape index (κ2) is 8.95. The molecule has 1 atom stereocenters. The third kappa shape index (κ3) is 4.05. The first kappa shape index (κ1) is 21.8. The van der Waals surface area contributed by atoms with Gasteiger partial charge in [-0.25, -0.2) is 4.68 Å². The Kier molecular flexibility index (Phi) is 6.28. The highest BCUT2D eigenvalue weighted by atomic mass is 35.5. The summed E-state index contributed by atoms with van der Waals surface area (Å²) in [7, 11) is 3.55. The summed E-state index contributed by atoms with van der Waals surface area (Å²) in [5.41, 5.74) is 3.65. The first-order chi connectivity index (χ1) is 14.9. The van der Waals surface area contributed by atoms with Gasteiger partial charge in [0.15, 0.2) is 0 Å². The molecular formula is C24H25Cl2N3O2. The van der Waals surface area contributed by atoms with E-state index in [0.717, 1.165) is 42.2 Å². The maximum atomic E-state index is 12.9. The van der Waals surface area contributed by atoms with Gasteiger partial charge in [0.05, 0.1) is 24.5 Å². The number of methoxy groups -OCH3 is 1. The number of para-hydroxylation sites is 1. The van der Waals surface area contributed by atoms with Crippen LogP contribution in [0.5, 0.6) is 5.75 Å². The Labute approximate surface area is 192 Å². The van der Waals surface area contributed by atoms with Crippen molar-refractivity contribution in [2.75, 3.05) is 20.2 Å². The third-order valence-electron chi connectivity index (χ3n) is 5.95. The van der Waals surface area contributed by atoms with E-state index < -0.39 is 0 Å². The van der Waals surface area contributed by atoms with Crippen LogP contribution < -0.4 is 10.3 Å². The fourth-order valence-electron chi connectivity index (χ4n) is 4.29. The fourth-order valence-corrected chi connectivity index (χ4v) is 4.82. The molecule has 1 unspecified atom stereocenters. The monoisotopic (exact) mass is 457 g/mol. The van der Waals surface area contributed by atoms with Crippen LogP contribution >= 0.6 is 23.2 Å². The van der Waals surface area contributed by atoms with Gasteiger partial charge < -0.3 is 4.74 Å². The molecule has 4 rings (SSSR count). The van der Waals surface area contributed by atoms with Crippen molar-refractivity contribution >= 4 is 28.8 Å². The molecule has 5 nitrogen and oxygen atoms in total. The zero-order valence-corrected chi connectivity index (χ0v) is 19.3. The Balaban J connectivity index is 1.62. The predicted molar refractivity (Wildman–Crippen MR) is 127 cm³/mol. The van der Waals surface area contributed by atoms with Crippen molar-refractivity contribution in [2.24, 2.45) is 7.05 Å². The van der Waals surface area contributed by atoms with E-state index >= 15 is 0 Å². The van der Waals surface area contributed by atoms with Crippen LogP contribution in [0.4, 0.5) is 0 Å². The van der Waals surface area contributed by atoms with E-state index in [-0.39, 0.29) is 16.6 Å². The Morgan fingerprint density at radius 3 is 2.48 bits per heavy atom. The van der Waals surface area contributed by atoms with Gasteiger partial charge in [-0.2, -0.15) is 0 Å². The molecular weight excluding hydrogens is 433 g/mol. The minimum atomic E-state index is -0.200. The Hall–Kier alpha value is -2.47. The van der Waals surface area contributed by atoms with Crippen LogP contribution in [0.2, 0.25) is 10.0 Å². The summed E-state index contributed by atoms with van der Waals surface area (Å²) >= 11 is 12.7. The smallest absolute Gasteiger partial charge is 0.290 e. The number of aromatic nitrogens is 2. The van der Waals surface area contributed by atoms with Gasteiger partial charge in [-0.15, -0.1) is 0 Å². The highest BCUT2D eigenvalue weighted by Gasteiger charge is 2.27. The van der Waals surface area contributed by atoms with Crippen LogP contribution in [0.25, 0.3) is 11.3 Å². The van der Waals surface area contributed by atoms with Crippen LogP contribution in [-0.2, 0) is 7.05 Å². The number of nitrogens with zero attached hydrogens (tertiary/aromatic N) is 3. The lowest BCUT2D eigenvalue weighted by molar-refractivity contribution is 0.223. The normalized spacial score (nSPS) is 15.6. The molecule has 0 amide bonds. The van der Waals surface area contributed by atoms with Gasteiger partial charge in [0, 0.05) is 30.7 Å². The molecule has 0 bridgehead atoms. The lowest BCUT2D eigenvalue weighted by Crippen LogP contribution is -2.32. The summed E-state index contributed by atoms with van der Waals surface area (Å²) in [5, 5.41) is 0.960. The zero-order valence-electron chi connectivity index (χ0n) is 17.8. The van der Waals surface area contributed by atoms with E-state index in [0.29, 0.717) is 5.02 Å². The molecule has 0 aliphatic carbocycles. The number of hydrogen-bond acceptors (Lipinski definition) is 3. The molecule has 2 aromatic carbocycles. The van der Waals surface area contributed by atoms with E-state index in [9.17, 15) is 4.79 Å². The van der Waals surface area contributed by atoms with Crippen LogP contribution in [0, 0.1) is 0 Å². The fraction of sp³-hybridized carbons (Fsp3) is 0.292. The molecule has 0 spiro atoms. The molecule has 31 heavy (non-hydrogen) atoms. The van der Waals surface area contributed by atoms with Gasteiger partial charge in [0.2, 0.25) is 0 Å². The van der Waals surface area contributed by atoms with Gasteiger partial charge in [0.1, 0.15) is 10.8 Å². The standard InChI is InChI=1S/C24H25Cl2N3O2/c1-16(23-22(26)24(30)29(27(23)2)19-7-5-4-6-8-19)28-13-11-17(12-14-28)20-15-18(25)9-10-21(20)31-3/h4-11,15-16H,12-14H2,1-3H3. The SMILES string of the molecule is COc1ccc(Cl)cc1C1=CCN(C(C)c2c(Cl)c(=O)n(-c3ccccc3)n2C)CC1. The molecule has 0 radical (unpaired) electrons. The number of benzene rings is 2. The summed E-state index contributed by atoms with van der Waals surface area (Å²) in [6, 6.07) is 15.2. The maximum absolute atomic E-state index is 12.9. The largest absolute Gasteiger partial charge is 0.496 e. The average molecular weight is 458 g/mol. The molecule has 1 aliphatic heterocycles. The number of rotatable bonds is 5. The summed E-state index contributed by atoms with van der Waals surface area (Å²) in [4.78, 5) is 15.2. The highest BCUT2D eigenvalue weighted by molar-refractivity contribution is 6.31. The molecule has 1 aliphatic rings. The van der Waals surface area contributed by atoms with E-state index in [2.05, 4.69) is 17.9 Å². The zero-order chi connectivity index (χ0) is 22.1. The average Bonchev–Trinajstić information content (AvgIpc) is 3.02. The van der Waals surface area contributed by atoms with Gasteiger partial charge >= 0.3 is 0 Å². The van der Waals surface area contributed by atoms with Crippen LogP contribution in [0.15, 0.2) is 59.4 Å². The van der Waals surface area contributed by atoms with Crippen molar-refractivity contribution < 1.29 is 4.74 Å². The molecule has 2 heterocycles. The topological polar surface area (TPSA) is 39.4 Å². The van der Waals surface area contributed by atoms with Crippen molar-refractivity contribution in [1.82, 2.24) is 14.3 Å². The third-order valence-corrected chi connectivity index (χ3v) is 6.54. The maximum Gasteiger partial charge on any atom is 0.290 e. The van der Waals surface area contributed by atoms with E-state index in [1.807, 2.05) is 60.3 Å². The van der Waals surface area contributed by atoms with Crippen molar-refractivity contribution in [1.29, 1.82) is 0 Å². The summed E-state index contributed by atoms with van der Waals surface area (Å²) < 4.78 is 9.00. The number of ether oxygens (including phenoxy) is 1. The predicted octanol–water partition coefficient (Wildman–Crippen LogP) is 5.34. The second-order valence-electron chi connectivity index (χ2n) is 7.67. The summed E-state index contributed by atoms with van der Waals surface area (Å²) in [6.45, 7) is 3.67. The minimum absolute atomic E-state index is 0.0192. The first-order valence-electron chi connectivity index (χ1n) is 10.2. The van der Waals surface area contributed by atoms with Crippen LogP contribution in [0.1, 0.15) is 30.6 Å². The van der Waals surface area contributed by atoms with Crippen molar-refractivity contribution in [3.63, 3.8) is 0 Å². The summed E-state index contributed by atoms with van der Waals surface area (Å²) in [6.07, 6.45) is 3.06. The molecule has 0 N–H and O–H groups in total. The molecule has 162 valence electrons. The number of hydrogen-bond donors (Lipinski definition) is 0. The lowest BCUT2D eigenvalue weighted by Gasteiger charge is -2.32. The summed E-state index contributed by atoms with van der Waals surface area (Å²) in [5.74, 6) is 0.822. The lowest BCUT2D eigenvalue weighted by atomic mass is 9.97. The Bertz CT molecular complexity index is 1180. The molecule has 0 fully saturated rings. The molecule has 3 aromatic rings. The van der Waals surface area contributed by atoms with Crippen molar-refractivity contribution in [3.8, 4) is 11.4 Å². The van der Waals surface area contributed by atoms with E-state index in [4.69, 9.17) is 27.9 Å². The van der Waals surface area contributed by atoms with Gasteiger partial charge in [-0.3, -0.25) is 14.4 Å². The van der Waals surface area contributed by atoms with Gasteiger partial charge in [-0.05, 0) is 49.2 Å². The Morgan fingerprint density at radius 2 is 1.84 bits per heavy atom. The molecule has 0 saturated heterocycles. The number of halogens is 2. The molecule has 0 saturated carbocycles. The molecule has 1 aromatic heterocycles. The van der Waals surface area contributed by atoms with E-state index in [1.54, 1.807) is 11.8 Å². The Morgan fingerprint density at radius 1 is 1.10 bits per heavy atom. The molecule has 7 heteroatoms. The second-order valence-corrected chi connectivity index (χ2v) is 8.48. The van der Waals surface area contributed by atoms with Crippen molar-refractivity contribution in [3.05, 3.63) is 86.3 Å². The quantitative estimate of drug-likeness (QED) is 0.518. The van der Waals surface area contributed by atoms with Gasteiger partial charge in [0.25, 0.3) is 5.56 Å². The van der Waals surface area contributed by atoms with Crippen LogP contribution in [-0.4, -0.2) is 34.5 Å². The van der Waals surface area contributed by atoms with E-state index in [1.165, 1.54) is 5.57 Å². The van der Waals surface area contributed by atoms with Crippen LogP contribution in [0.3, 0.4) is 0 Å². The first-order valence-corrected chi connectivity index (χ1v) is 11.0. The highest BCUT2D eigenvalue weighted by Crippen LogP contribution is 2.35.